The zero-order chi connectivity index (χ0) is 12.3. The number of nitrogens with zero attached hydrogens (tertiary/aromatic N) is 2. The smallest absolute Gasteiger partial charge is 0.224 e. The highest BCUT2D eigenvalue weighted by Crippen LogP contribution is 2.28. The van der Waals surface area contributed by atoms with Crippen molar-refractivity contribution < 1.29 is 0 Å². The maximum absolute atomic E-state index is 5.78. The normalized spacial score (nSPS) is 24.6. The molecule has 0 amide bonds. The number of hydrogen-bond donors (Lipinski definition) is 2. The molecule has 1 aromatic heterocycles. The Hall–Kier alpha value is -1.03. The highest BCUT2D eigenvalue weighted by molar-refractivity contribution is 6.28. The van der Waals surface area contributed by atoms with Gasteiger partial charge in [-0.25, -0.2) is 4.98 Å². The molecule has 1 heterocycles. The largest absolute Gasteiger partial charge is 0.394 e. The van der Waals surface area contributed by atoms with E-state index in [0.29, 0.717) is 11.5 Å². The molecule has 0 aromatic carbocycles. The second-order valence-electron chi connectivity index (χ2n) is 4.95. The zero-order valence-corrected chi connectivity index (χ0v) is 10.9. The SMILES string of the molecule is CC1CCC(CNc2nc(Cl)ncc2N)CC1. The van der Waals surface area contributed by atoms with Gasteiger partial charge in [-0.2, -0.15) is 4.98 Å². The summed E-state index contributed by atoms with van der Waals surface area (Å²) in [6.45, 7) is 3.25. The number of nitrogens with two attached hydrogens (primary N) is 1. The first-order valence-corrected chi connectivity index (χ1v) is 6.55. The Morgan fingerprint density at radius 3 is 2.82 bits per heavy atom. The van der Waals surface area contributed by atoms with Gasteiger partial charge in [0.25, 0.3) is 0 Å². The molecule has 94 valence electrons. The third-order valence-electron chi connectivity index (χ3n) is 3.48. The lowest BCUT2D eigenvalue weighted by atomic mass is 9.83. The molecule has 3 N–H and O–H groups in total. The van der Waals surface area contributed by atoms with Crippen molar-refractivity contribution in [3.63, 3.8) is 0 Å². The monoisotopic (exact) mass is 254 g/mol. The van der Waals surface area contributed by atoms with E-state index in [2.05, 4.69) is 22.2 Å². The summed E-state index contributed by atoms with van der Waals surface area (Å²) in [5.74, 6) is 2.26. The number of aromatic nitrogens is 2. The van der Waals surface area contributed by atoms with Crippen molar-refractivity contribution in [1.29, 1.82) is 0 Å². The van der Waals surface area contributed by atoms with Gasteiger partial charge in [0.15, 0.2) is 5.82 Å². The summed E-state index contributed by atoms with van der Waals surface area (Å²) in [5, 5.41) is 3.51. The van der Waals surface area contributed by atoms with Gasteiger partial charge in [-0.1, -0.05) is 19.8 Å². The first-order valence-electron chi connectivity index (χ1n) is 6.17. The third kappa shape index (κ3) is 3.46. The van der Waals surface area contributed by atoms with Crippen LogP contribution in [0.15, 0.2) is 6.20 Å². The molecule has 0 saturated heterocycles. The van der Waals surface area contributed by atoms with Crippen LogP contribution >= 0.6 is 11.6 Å². The summed E-state index contributed by atoms with van der Waals surface area (Å²) in [4.78, 5) is 7.92. The van der Waals surface area contributed by atoms with Gasteiger partial charge in [-0.3, -0.25) is 0 Å². The van der Waals surface area contributed by atoms with E-state index in [9.17, 15) is 0 Å². The Balaban J connectivity index is 1.87. The fraction of sp³-hybridized carbons (Fsp3) is 0.667. The number of hydrogen-bond acceptors (Lipinski definition) is 4. The van der Waals surface area contributed by atoms with E-state index >= 15 is 0 Å². The van der Waals surface area contributed by atoms with Gasteiger partial charge in [-0.05, 0) is 36.3 Å². The van der Waals surface area contributed by atoms with Crippen LogP contribution in [0.2, 0.25) is 5.28 Å². The summed E-state index contributed by atoms with van der Waals surface area (Å²) in [7, 11) is 0. The maximum Gasteiger partial charge on any atom is 0.224 e. The van der Waals surface area contributed by atoms with E-state index in [4.69, 9.17) is 17.3 Å². The molecule has 0 unspecified atom stereocenters. The molecule has 1 aliphatic carbocycles. The van der Waals surface area contributed by atoms with E-state index in [1.54, 1.807) is 6.20 Å². The quantitative estimate of drug-likeness (QED) is 0.814. The summed E-state index contributed by atoms with van der Waals surface area (Å²) in [5.41, 5.74) is 6.34. The summed E-state index contributed by atoms with van der Waals surface area (Å²) in [6, 6.07) is 0. The van der Waals surface area contributed by atoms with E-state index in [0.717, 1.165) is 18.4 Å². The standard InChI is InChI=1S/C12H19ClN4/c1-8-2-4-9(5-3-8)6-15-11-10(14)7-16-12(13)17-11/h7-9H,2-6,14H2,1H3,(H,15,16,17). The first kappa shape index (κ1) is 12.4. The van der Waals surface area contributed by atoms with E-state index < -0.39 is 0 Å². The number of nitrogen functional groups attached to an aromatic ring is 1. The highest BCUT2D eigenvalue weighted by atomic mass is 35.5. The molecular weight excluding hydrogens is 236 g/mol. The molecule has 1 saturated carbocycles. The molecule has 0 spiro atoms. The number of halogens is 1. The van der Waals surface area contributed by atoms with E-state index in [1.165, 1.54) is 25.7 Å². The predicted octanol–water partition coefficient (Wildman–Crippen LogP) is 2.95. The van der Waals surface area contributed by atoms with Crippen LogP contribution in [0.1, 0.15) is 32.6 Å². The molecule has 0 atom stereocenters. The van der Waals surface area contributed by atoms with Gasteiger partial charge in [-0.15, -0.1) is 0 Å². The maximum atomic E-state index is 5.78. The van der Waals surface area contributed by atoms with Gasteiger partial charge in [0.2, 0.25) is 5.28 Å². The minimum Gasteiger partial charge on any atom is -0.394 e. The van der Waals surface area contributed by atoms with Crippen molar-refractivity contribution in [1.82, 2.24) is 9.97 Å². The Morgan fingerprint density at radius 1 is 1.41 bits per heavy atom. The fourth-order valence-electron chi connectivity index (χ4n) is 2.29. The van der Waals surface area contributed by atoms with Crippen LogP contribution in [0, 0.1) is 11.8 Å². The second-order valence-corrected chi connectivity index (χ2v) is 5.29. The van der Waals surface area contributed by atoms with Crippen LogP contribution < -0.4 is 11.1 Å². The van der Waals surface area contributed by atoms with Crippen LogP contribution in [0.5, 0.6) is 0 Å². The molecule has 17 heavy (non-hydrogen) atoms. The minimum absolute atomic E-state index is 0.235. The summed E-state index contributed by atoms with van der Waals surface area (Å²) in [6.07, 6.45) is 6.76. The minimum atomic E-state index is 0.235. The van der Waals surface area contributed by atoms with Crippen LogP contribution in [0.4, 0.5) is 11.5 Å². The van der Waals surface area contributed by atoms with Gasteiger partial charge in [0.05, 0.1) is 11.9 Å². The summed E-state index contributed by atoms with van der Waals surface area (Å²) >= 11 is 5.74. The topological polar surface area (TPSA) is 63.8 Å². The van der Waals surface area contributed by atoms with Crippen molar-refractivity contribution in [3.05, 3.63) is 11.5 Å². The molecule has 4 nitrogen and oxygen atoms in total. The third-order valence-corrected chi connectivity index (χ3v) is 3.66. The van der Waals surface area contributed by atoms with Crippen LogP contribution in [0.25, 0.3) is 0 Å². The van der Waals surface area contributed by atoms with Crippen LogP contribution in [-0.4, -0.2) is 16.5 Å². The first-order chi connectivity index (χ1) is 8.15. The Labute approximate surface area is 107 Å². The molecular formula is C12H19ClN4. The molecule has 1 fully saturated rings. The van der Waals surface area contributed by atoms with Crippen molar-refractivity contribution in [2.45, 2.75) is 32.6 Å². The fourth-order valence-corrected chi connectivity index (χ4v) is 2.42. The van der Waals surface area contributed by atoms with E-state index in [-0.39, 0.29) is 5.28 Å². The molecule has 5 heteroatoms. The van der Waals surface area contributed by atoms with Crippen LogP contribution in [0.3, 0.4) is 0 Å². The van der Waals surface area contributed by atoms with Gasteiger partial charge < -0.3 is 11.1 Å². The number of anilines is 2. The Kier molecular flexibility index (Phi) is 4.05. The molecule has 0 bridgehead atoms. The van der Waals surface area contributed by atoms with Crippen LogP contribution in [-0.2, 0) is 0 Å². The zero-order valence-electron chi connectivity index (χ0n) is 10.1. The predicted molar refractivity (Wildman–Crippen MR) is 71.1 cm³/mol. The Bertz CT molecular complexity index is 375. The van der Waals surface area contributed by atoms with Crippen molar-refractivity contribution >= 4 is 23.1 Å². The molecule has 1 aromatic rings. The lowest BCUT2D eigenvalue weighted by Crippen LogP contribution is -2.21. The van der Waals surface area contributed by atoms with Gasteiger partial charge >= 0.3 is 0 Å². The Morgan fingerprint density at radius 2 is 2.12 bits per heavy atom. The highest BCUT2D eigenvalue weighted by Gasteiger charge is 2.18. The number of nitrogens with one attached hydrogen (secondary N) is 1. The lowest BCUT2D eigenvalue weighted by molar-refractivity contribution is 0.300. The van der Waals surface area contributed by atoms with Gasteiger partial charge in [0, 0.05) is 6.54 Å². The van der Waals surface area contributed by atoms with E-state index in [1.807, 2.05) is 0 Å². The van der Waals surface area contributed by atoms with Crippen molar-refractivity contribution in [2.24, 2.45) is 11.8 Å². The summed E-state index contributed by atoms with van der Waals surface area (Å²) < 4.78 is 0. The average molecular weight is 255 g/mol. The molecule has 2 rings (SSSR count). The average Bonchev–Trinajstić information content (AvgIpc) is 2.32. The number of rotatable bonds is 3. The molecule has 0 aliphatic heterocycles. The lowest BCUT2D eigenvalue weighted by Gasteiger charge is -2.26. The van der Waals surface area contributed by atoms with Gasteiger partial charge in [0.1, 0.15) is 0 Å². The van der Waals surface area contributed by atoms with Crippen molar-refractivity contribution in [2.75, 3.05) is 17.6 Å². The molecule has 1 aliphatic rings. The van der Waals surface area contributed by atoms with Crippen molar-refractivity contribution in [3.8, 4) is 0 Å². The molecule has 0 radical (unpaired) electrons. The second kappa shape index (κ2) is 5.54.